The zero-order chi connectivity index (χ0) is 24.1. The van der Waals surface area contributed by atoms with E-state index in [0.29, 0.717) is 10.9 Å². The van der Waals surface area contributed by atoms with Crippen molar-refractivity contribution in [3.8, 4) is 0 Å². The van der Waals surface area contributed by atoms with Crippen molar-refractivity contribution in [3.05, 3.63) is 63.1 Å². The largest absolute Gasteiger partial charge is 0.366 e. The van der Waals surface area contributed by atoms with Gasteiger partial charge in [-0.15, -0.1) is 0 Å². The number of hydrogen-bond donors (Lipinski definition) is 1. The number of carbonyl (C=O) groups excluding carboxylic acids is 3. The fourth-order valence-corrected chi connectivity index (χ4v) is 5.17. The van der Waals surface area contributed by atoms with Gasteiger partial charge >= 0.3 is 6.03 Å². The molecule has 2 aromatic rings. The summed E-state index contributed by atoms with van der Waals surface area (Å²) in [5, 5.41) is 2.73. The third kappa shape index (κ3) is 4.13. The van der Waals surface area contributed by atoms with Crippen molar-refractivity contribution in [1.29, 1.82) is 0 Å². The summed E-state index contributed by atoms with van der Waals surface area (Å²) in [4.78, 5) is 41.4. The summed E-state index contributed by atoms with van der Waals surface area (Å²) >= 11 is 12.0. The maximum Gasteiger partial charge on any atom is 0.335 e. The summed E-state index contributed by atoms with van der Waals surface area (Å²) < 4.78 is 0. The topological polar surface area (TPSA) is 69.7 Å². The van der Waals surface area contributed by atoms with E-state index in [9.17, 15) is 14.4 Å². The first-order valence-corrected chi connectivity index (χ1v) is 11.6. The van der Waals surface area contributed by atoms with Crippen LogP contribution in [0.15, 0.2) is 42.0 Å². The lowest BCUT2D eigenvalue weighted by Crippen LogP contribution is -2.54. The molecule has 1 fully saturated rings. The van der Waals surface area contributed by atoms with Crippen molar-refractivity contribution in [2.45, 2.75) is 45.6 Å². The fraction of sp³-hybridized carbons (Fsp3) is 0.320. The minimum atomic E-state index is -0.833. The van der Waals surface area contributed by atoms with Gasteiger partial charge in [-0.05, 0) is 80.6 Å². The second kappa shape index (κ2) is 8.50. The summed E-state index contributed by atoms with van der Waals surface area (Å²) in [7, 11) is 0. The lowest BCUT2D eigenvalue weighted by atomic mass is 9.79. The van der Waals surface area contributed by atoms with Crippen LogP contribution in [0.5, 0.6) is 0 Å². The number of nitrogens with zero attached hydrogens (tertiary/aromatic N) is 2. The summed E-state index contributed by atoms with van der Waals surface area (Å²) in [5.41, 5.74) is 3.20. The molecule has 4 rings (SSSR count). The second-order valence-corrected chi connectivity index (χ2v) is 9.85. The molecule has 2 aliphatic heterocycles. The van der Waals surface area contributed by atoms with E-state index in [2.05, 4.69) is 37.9 Å². The smallest absolute Gasteiger partial charge is 0.335 e. The van der Waals surface area contributed by atoms with Gasteiger partial charge in [0.1, 0.15) is 5.57 Å². The van der Waals surface area contributed by atoms with Crippen molar-refractivity contribution in [2.24, 2.45) is 0 Å². The van der Waals surface area contributed by atoms with Gasteiger partial charge in [0.2, 0.25) is 0 Å². The molecule has 6 nitrogen and oxygen atoms in total. The first kappa shape index (κ1) is 23.3. The summed E-state index contributed by atoms with van der Waals surface area (Å²) in [6.45, 7) is 9.69. The number of halogens is 2. The molecule has 0 saturated carbocycles. The number of rotatable bonds is 3. The number of amides is 4. The number of hydrogen-bond acceptors (Lipinski definition) is 4. The zero-order valence-electron chi connectivity index (χ0n) is 18.9. The first-order valence-electron chi connectivity index (χ1n) is 10.8. The summed E-state index contributed by atoms with van der Waals surface area (Å²) in [6.07, 6.45) is 2.52. The second-order valence-electron chi connectivity index (χ2n) is 9.04. The fourth-order valence-electron chi connectivity index (χ4n) is 4.88. The monoisotopic (exact) mass is 485 g/mol. The van der Waals surface area contributed by atoms with Crippen LogP contribution in [0.2, 0.25) is 10.0 Å². The van der Waals surface area contributed by atoms with Crippen molar-refractivity contribution in [3.63, 3.8) is 0 Å². The Morgan fingerprint density at radius 3 is 2.48 bits per heavy atom. The highest BCUT2D eigenvalue weighted by atomic mass is 35.5. The van der Waals surface area contributed by atoms with Gasteiger partial charge in [-0.1, -0.05) is 36.2 Å². The van der Waals surface area contributed by atoms with Crippen LogP contribution in [0.1, 0.15) is 51.2 Å². The molecule has 2 aromatic carbocycles. The van der Waals surface area contributed by atoms with Crippen LogP contribution in [-0.2, 0) is 9.59 Å². The highest BCUT2D eigenvalue weighted by molar-refractivity contribution is 6.43. The Bertz CT molecular complexity index is 1210. The van der Waals surface area contributed by atoms with E-state index in [-0.39, 0.29) is 21.8 Å². The highest BCUT2D eigenvalue weighted by Crippen LogP contribution is 2.43. The molecule has 2 aliphatic rings. The Balaban J connectivity index is 1.73. The van der Waals surface area contributed by atoms with Gasteiger partial charge in [-0.2, -0.15) is 0 Å². The Morgan fingerprint density at radius 1 is 1.09 bits per heavy atom. The zero-order valence-corrected chi connectivity index (χ0v) is 20.4. The molecule has 0 spiro atoms. The minimum Gasteiger partial charge on any atom is -0.366 e. The van der Waals surface area contributed by atoms with Crippen molar-refractivity contribution in [1.82, 2.24) is 5.32 Å². The molecule has 8 heteroatoms. The van der Waals surface area contributed by atoms with E-state index < -0.39 is 17.8 Å². The maximum atomic E-state index is 13.2. The van der Waals surface area contributed by atoms with Gasteiger partial charge in [-0.3, -0.25) is 14.9 Å². The lowest BCUT2D eigenvalue weighted by Gasteiger charge is -2.47. The van der Waals surface area contributed by atoms with Crippen molar-refractivity contribution in [2.75, 3.05) is 16.3 Å². The molecule has 172 valence electrons. The number of fused-ring (bicyclic) bond motifs is 1. The minimum absolute atomic E-state index is 0.0427. The first-order chi connectivity index (χ1) is 15.5. The third-order valence-corrected chi connectivity index (χ3v) is 7.04. The van der Waals surface area contributed by atoms with Crippen LogP contribution in [0.4, 0.5) is 16.2 Å². The van der Waals surface area contributed by atoms with Gasteiger partial charge in [0.25, 0.3) is 11.8 Å². The van der Waals surface area contributed by atoms with Gasteiger partial charge in [0.15, 0.2) is 0 Å². The van der Waals surface area contributed by atoms with E-state index in [1.807, 2.05) is 18.2 Å². The molecule has 1 atom stereocenters. The highest BCUT2D eigenvalue weighted by Gasteiger charge is 2.38. The summed E-state index contributed by atoms with van der Waals surface area (Å²) in [6, 6.07) is 9.52. The average molecular weight is 486 g/mol. The molecule has 1 N–H and O–H groups in total. The Labute approximate surface area is 203 Å². The summed E-state index contributed by atoms with van der Waals surface area (Å²) in [5.74, 6) is -1.13. The van der Waals surface area contributed by atoms with Gasteiger partial charge < -0.3 is 4.90 Å². The standard InChI is InChI=1S/C25H25Cl2N3O3/c1-5-29-21-9-6-15(10-17(21)14(2)13-25(29,3)4)11-18-22(31)28-24(33)30(23(18)32)16-7-8-19(26)20(27)12-16/h6-12,14H,5,13H2,1-4H3,(H,28,31,33)/b18-11+. The number of urea groups is 1. The Hall–Kier alpha value is -2.83. The number of benzene rings is 2. The maximum absolute atomic E-state index is 13.2. The van der Waals surface area contributed by atoms with Crippen molar-refractivity contribution < 1.29 is 14.4 Å². The molecular weight excluding hydrogens is 461 g/mol. The Kier molecular flexibility index (Phi) is 6.01. The van der Waals surface area contributed by atoms with Gasteiger partial charge in [-0.25, -0.2) is 9.69 Å². The van der Waals surface area contributed by atoms with Crippen LogP contribution >= 0.6 is 23.2 Å². The van der Waals surface area contributed by atoms with Crippen LogP contribution in [-0.4, -0.2) is 29.9 Å². The third-order valence-electron chi connectivity index (χ3n) is 6.30. The van der Waals surface area contributed by atoms with Crippen molar-refractivity contribution >= 4 is 58.5 Å². The van der Waals surface area contributed by atoms with Gasteiger partial charge in [0.05, 0.1) is 15.7 Å². The normalized spacial score (nSPS) is 21.3. The molecule has 0 radical (unpaired) electrons. The predicted octanol–water partition coefficient (Wildman–Crippen LogP) is 5.77. The number of anilines is 2. The number of carbonyl (C=O) groups is 3. The molecule has 1 saturated heterocycles. The molecule has 4 amide bonds. The number of barbiturate groups is 1. The van der Waals surface area contributed by atoms with Gasteiger partial charge in [0, 0.05) is 17.8 Å². The quantitative estimate of drug-likeness (QED) is 0.442. The van der Waals surface area contributed by atoms with Crippen LogP contribution < -0.4 is 15.1 Å². The average Bonchev–Trinajstić information content (AvgIpc) is 2.73. The van der Waals surface area contributed by atoms with E-state index in [1.165, 1.54) is 29.8 Å². The molecule has 1 unspecified atom stereocenters. The molecule has 0 bridgehead atoms. The SMILES string of the molecule is CCN1c2ccc(/C=C3\C(=O)NC(=O)N(c4ccc(Cl)c(Cl)c4)C3=O)cc2C(C)CC1(C)C. The van der Waals surface area contributed by atoms with Crippen LogP contribution in [0.25, 0.3) is 6.08 Å². The van der Waals surface area contributed by atoms with E-state index in [4.69, 9.17) is 23.2 Å². The number of nitrogens with one attached hydrogen (secondary N) is 1. The lowest BCUT2D eigenvalue weighted by molar-refractivity contribution is -0.122. The molecule has 2 heterocycles. The predicted molar refractivity (Wildman–Crippen MR) is 132 cm³/mol. The molecule has 33 heavy (non-hydrogen) atoms. The Morgan fingerprint density at radius 2 is 1.82 bits per heavy atom. The molecule has 0 aromatic heterocycles. The molecule has 0 aliphatic carbocycles. The number of imide groups is 2. The molecular formula is C25H25Cl2N3O3. The van der Waals surface area contributed by atoms with E-state index in [0.717, 1.165) is 29.1 Å². The van der Waals surface area contributed by atoms with E-state index >= 15 is 0 Å². The van der Waals surface area contributed by atoms with E-state index in [1.54, 1.807) is 0 Å². The van der Waals surface area contributed by atoms with Crippen LogP contribution in [0, 0.1) is 0 Å². The van der Waals surface area contributed by atoms with Crippen LogP contribution in [0.3, 0.4) is 0 Å².